The molecule has 0 aliphatic heterocycles. The zero-order valence-corrected chi connectivity index (χ0v) is 25.3. The van der Waals surface area contributed by atoms with Crippen LogP contribution in [0.15, 0.2) is 24.3 Å². The van der Waals surface area contributed by atoms with Gasteiger partial charge in [0.15, 0.2) is 0 Å². The van der Waals surface area contributed by atoms with E-state index in [4.69, 9.17) is 29.2 Å². The van der Waals surface area contributed by atoms with Crippen molar-refractivity contribution >= 4 is 38.2 Å². The second-order valence-electron chi connectivity index (χ2n) is 9.49. The van der Waals surface area contributed by atoms with Crippen molar-refractivity contribution in [2.24, 2.45) is 0 Å². The SMILES string of the molecule is Cc1cc(C)c([N-]CCN(CC[N-]c2c(C)cc(C)cc2C)[Si](C)(C)C)c(C)c1.[Cl][Ti][Cl]. The predicted octanol–water partition coefficient (Wildman–Crippen LogP) is 8.76. The summed E-state index contributed by atoms with van der Waals surface area (Å²) in [5, 5.41) is 9.91. The van der Waals surface area contributed by atoms with Gasteiger partial charge in [-0.3, -0.25) is 0 Å². The number of rotatable bonds is 9. The fourth-order valence-electron chi connectivity index (χ4n) is 4.19. The van der Waals surface area contributed by atoms with Gasteiger partial charge in [0.2, 0.25) is 0 Å². The normalized spacial score (nSPS) is 11.1. The molecule has 7 heteroatoms. The topological polar surface area (TPSA) is 31.4 Å². The Hall–Kier alpha value is -0.489. The molecule has 0 heterocycles. The molecule has 178 valence electrons. The van der Waals surface area contributed by atoms with E-state index in [1.165, 1.54) is 44.8 Å². The van der Waals surface area contributed by atoms with Gasteiger partial charge in [0.1, 0.15) is 8.24 Å². The fraction of sp³-hybridized carbons (Fsp3) is 0.520. The number of hydrogen-bond donors (Lipinski definition) is 0. The number of aryl methyl sites for hydroxylation is 6. The van der Waals surface area contributed by atoms with E-state index in [9.17, 15) is 0 Å². The first-order valence-electron chi connectivity index (χ1n) is 11.1. The first kappa shape index (κ1) is 29.5. The number of benzene rings is 2. The number of halogens is 2. The van der Waals surface area contributed by atoms with Crippen LogP contribution in [0.2, 0.25) is 19.6 Å². The van der Waals surface area contributed by atoms with Crippen molar-refractivity contribution in [3.63, 3.8) is 0 Å². The number of hydrogen-bond acceptors (Lipinski definition) is 1. The molecule has 0 radical (unpaired) electrons. The van der Waals surface area contributed by atoms with Crippen LogP contribution in [-0.2, 0) is 17.0 Å². The van der Waals surface area contributed by atoms with Gasteiger partial charge in [-0.1, -0.05) is 77.3 Å². The van der Waals surface area contributed by atoms with Gasteiger partial charge in [-0.2, -0.15) is 0 Å². The summed E-state index contributed by atoms with van der Waals surface area (Å²) >= 11 is -0.556. The van der Waals surface area contributed by atoms with Crippen LogP contribution in [0.3, 0.4) is 0 Å². The molecule has 0 unspecified atom stereocenters. The summed E-state index contributed by atoms with van der Waals surface area (Å²) in [7, 11) is 8.36. The molecule has 0 saturated carbocycles. The summed E-state index contributed by atoms with van der Waals surface area (Å²) in [5.74, 6) is 0. The Morgan fingerprint density at radius 3 is 1.22 bits per heavy atom. The summed E-state index contributed by atoms with van der Waals surface area (Å²) in [4.78, 5) is 0. The molecule has 0 aromatic heterocycles. The molecule has 0 fully saturated rings. The summed E-state index contributed by atoms with van der Waals surface area (Å²) in [6.45, 7) is 23.9. The van der Waals surface area contributed by atoms with Crippen LogP contribution < -0.4 is 0 Å². The van der Waals surface area contributed by atoms with Gasteiger partial charge in [0, 0.05) is 0 Å². The van der Waals surface area contributed by atoms with E-state index >= 15 is 0 Å². The Balaban J connectivity index is 0.00000161. The molecule has 0 N–H and O–H groups in total. The molecule has 0 atom stereocenters. The summed E-state index contributed by atoms with van der Waals surface area (Å²) in [5.41, 5.74) is 10.1. The van der Waals surface area contributed by atoms with Crippen molar-refractivity contribution in [2.75, 3.05) is 26.2 Å². The van der Waals surface area contributed by atoms with Crippen LogP contribution in [0.25, 0.3) is 10.6 Å². The molecular formula is C25H39Cl2N3SiTi-2. The Labute approximate surface area is 214 Å². The minimum atomic E-state index is -1.42. The van der Waals surface area contributed by atoms with Crippen molar-refractivity contribution < 1.29 is 17.0 Å². The average molecular weight is 528 g/mol. The third kappa shape index (κ3) is 9.79. The molecule has 2 rings (SSSR count). The molecule has 0 aliphatic rings. The molecule has 0 spiro atoms. The second-order valence-corrected chi connectivity index (χ2v) is 17.0. The third-order valence-electron chi connectivity index (χ3n) is 5.50. The van der Waals surface area contributed by atoms with Crippen LogP contribution in [0, 0.1) is 41.5 Å². The van der Waals surface area contributed by atoms with Gasteiger partial charge in [-0.25, -0.2) is 0 Å². The average Bonchev–Trinajstić information content (AvgIpc) is 2.63. The monoisotopic (exact) mass is 527 g/mol. The van der Waals surface area contributed by atoms with Crippen molar-refractivity contribution in [3.05, 3.63) is 68.3 Å². The van der Waals surface area contributed by atoms with Gasteiger partial charge >= 0.3 is 35.6 Å². The second kappa shape index (κ2) is 14.0. The van der Waals surface area contributed by atoms with Crippen molar-refractivity contribution in [2.45, 2.75) is 61.2 Å². The summed E-state index contributed by atoms with van der Waals surface area (Å²) < 4.78 is 2.64. The van der Waals surface area contributed by atoms with E-state index in [0.29, 0.717) is 0 Å². The molecule has 0 saturated heterocycles. The van der Waals surface area contributed by atoms with Gasteiger partial charge in [0.25, 0.3) is 0 Å². The Kier molecular flexibility index (Phi) is 13.0. The zero-order valence-electron chi connectivity index (χ0n) is 21.2. The van der Waals surface area contributed by atoms with Crippen LogP contribution in [0.5, 0.6) is 0 Å². The van der Waals surface area contributed by atoms with Crippen LogP contribution >= 0.6 is 18.6 Å². The van der Waals surface area contributed by atoms with E-state index in [1.54, 1.807) is 0 Å². The Bertz CT molecular complexity index is 759. The van der Waals surface area contributed by atoms with E-state index in [0.717, 1.165) is 26.2 Å². The fourth-order valence-corrected chi connectivity index (χ4v) is 5.73. The van der Waals surface area contributed by atoms with Gasteiger partial charge in [0.05, 0.1) is 0 Å². The van der Waals surface area contributed by atoms with E-state index in [2.05, 4.69) is 90.0 Å². The van der Waals surface area contributed by atoms with Gasteiger partial charge in [-0.15, -0.1) is 24.5 Å². The molecule has 0 amide bonds. The Morgan fingerprint density at radius 1 is 0.688 bits per heavy atom. The van der Waals surface area contributed by atoms with E-state index < -0.39 is 25.3 Å². The molecule has 3 nitrogen and oxygen atoms in total. The van der Waals surface area contributed by atoms with Crippen LogP contribution in [0.1, 0.15) is 33.4 Å². The van der Waals surface area contributed by atoms with Crippen molar-refractivity contribution in [1.29, 1.82) is 0 Å². The molecule has 2 aromatic carbocycles. The van der Waals surface area contributed by atoms with E-state index in [-0.39, 0.29) is 0 Å². The summed E-state index contributed by atoms with van der Waals surface area (Å²) in [6.07, 6.45) is 0. The van der Waals surface area contributed by atoms with Crippen LogP contribution in [-0.4, -0.2) is 39.0 Å². The summed E-state index contributed by atoms with van der Waals surface area (Å²) in [6, 6.07) is 8.92. The first-order chi connectivity index (χ1) is 14.9. The molecule has 2 aromatic rings. The third-order valence-corrected chi connectivity index (χ3v) is 7.84. The molecule has 32 heavy (non-hydrogen) atoms. The van der Waals surface area contributed by atoms with E-state index in [1.807, 2.05) is 0 Å². The van der Waals surface area contributed by atoms with Gasteiger partial charge in [-0.05, 0) is 54.6 Å². The van der Waals surface area contributed by atoms with Crippen molar-refractivity contribution in [1.82, 2.24) is 4.57 Å². The standard InChI is InChI=1S/C25H39N3Si.2ClH.Ti/c1-18-14-20(3)24(21(4)15-18)26-10-12-28(29(7,8)9)13-11-27-25-22(5)16-19(2)17-23(25)6;;;/h14-17H,10-13H2,1-9H3;2*1H;/q-2;;;+2/p-2. The first-order valence-corrected chi connectivity index (χ1v) is 18.9. The number of nitrogens with zero attached hydrogens (tertiary/aromatic N) is 3. The van der Waals surface area contributed by atoms with Crippen molar-refractivity contribution in [3.8, 4) is 0 Å². The Morgan fingerprint density at radius 2 is 0.969 bits per heavy atom. The van der Waals surface area contributed by atoms with Crippen LogP contribution in [0.4, 0.5) is 11.4 Å². The maximum atomic E-state index is 4.95. The molecule has 0 aliphatic carbocycles. The quantitative estimate of drug-likeness (QED) is 0.300. The maximum absolute atomic E-state index is 4.95. The van der Waals surface area contributed by atoms with Gasteiger partial charge < -0.3 is 15.2 Å². The zero-order chi connectivity index (χ0) is 24.5. The molecule has 0 bridgehead atoms. The molecular weight excluding hydrogens is 489 g/mol. The predicted molar refractivity (Wildman–Crippen MR) is 144 cm³/mol. The minimum absolute atomic E-state index is 0.556.